The lowest BCUT2D eigenvalue weighted by Gasteiger charge is -2.08. The van der Waals surface area contributed by atoms with Crippen LogP contribution in [0.4, 0.5) is 0 Å². The molecule has 0 fully saturated rings. The quantitative estimate of drug-likeness (QED) is 0.431. The molecule has 0 aliphatic carbocycles. The third kappa shape index (κ3) is 3.87. The van der Waals surface area contributed by atoms with Crippen LogP contribution in [0.1, 0.15) is 21.8 Å². The number of aromatic nitrogens is 4. The maximum atomic E-state index is 12.7. The monoisotopic (exact) mass is 440 g/mol. The van der Waals surface area contributed by atoms with Crippen LogP contribution in [0.3, 0.4) is 0 Å². The number of rotatable bonds is 5. The first-order chi connectivity index (χ1) is 15.1. The van der Waals surface area contributed by atoms with E-state index in [9.17, 15) is 9.59 Å². The average Bonchev–Trinajstić information content (AvgIpc) is 3.45. The molecule has 10 nitrogen and oxygen atoms in total. The second kappa shape index (κ2) is 7.84. The normalized spacial score (nSPS) is 13.2. The van der Waals surface area contributed by atoms with Crippen molar-refractivity contribution in [2.75, 3.05) is 13.2 Å². The maximum Gasteiger partial charge on any atom is 0.437 e. The van der Waals surface area contributed by atoms with Gasteiger partial charge in [-0.2, -0.15) is 4.68 Å². The third-order valence-electron chi connectivity index (χ3n) is 4.57. The van der Waals surface area contributed by atoms with Crippen molar-refractivity contribution in [2.24, 2.45) is 0 Å². The van der Waals surface area contributed by atoms with E-state index in [-0.39, 0.29) is 23.9 Å². The lowest BCUT2D eigenvalue weighted by Crippen LogP contribution is -2.21. The van der Waals surface area contributed by atoms with Crippen LogP contribution in [0, 0.1) is 6.92 Å². The van der Waals surface area contributed by atoms with Gasteiger partial charge in [0.15, 0.2) is 28.7 Å². The predicted octanol–water partition coefficient (Wildman–Crippen LogP) is 2.97. The van der Waals surface area contributed by atoms with Crippen LogP contribution in [0.2, 0.25) is 0 Å². The fraction of sp³-hybridized carbons (Fsp3) is 0.250. The van der Waals surface area contributed by atoms with E-state index in [2.05, 4.69) is 15.2 Å². The summed E-state index contributed by atoms with van der Waals surface area (Å²) >= 11 is 1.48. The van der Waals surface area contributed by atoms with E-state index in [1.165, 1.54) is 11.3 Å². The van der Waals surface area contributed by atoms with Crippen LogP contribution in [0.15, 0.2) is 43.4 Å². The summed E-state index contributed by atoms with van der Waals surface area (Å²) in [5.41, 5.74) is 1.25. The standard InChI is InChI=1S/C20H16N4O6S/c1-11-21-14(10-31-11)17-8-13(23-30-17)19-22-24(20(26)29-19)9-15(25)12-3-4-16-18(7-12)28-6-2-5-27-16/h3-4,7-8,10H,2,5-6,9H2,1H3. The van der Waals surface area contributed by atoms with E-state index in [0.29, 0.717) is 41.7 Å². The summed E-state index contributed by atoms with van der Waals surface area (Å²) in [6.45, 7) is 2.66. The van der Waals surface area contributed by atoms with E-state index in [1.54, 1.807) is 24.3 Å². The molecule has 5 rings (SSSR count). The van der Waals surface area contributed by atoms with Gasteiger partial charge in [-0.05, 0) is 25.1 Å². The second-order valence-corrected chi connectivity index (χ2v) is 7.86. The zero-order valence-corrected chi connectivity index (χ0v) is 17.2. The number of carbonyl (C=O) groups excluding carboxylic acids is 1. The number of carbonyl (C=O) groups is 1. The molecule has 1 aliphatic heterocycles. The topological polar surface area (TPSA) is 122 Å². The number of benzene rings is 1. The Morgan fingerprint density at radius 3 is 2.81 bits per heavy atom. The van der Waals surface area contributed by atoms with Crippen LogP contribution >= 0.6 is 11.3 Å². The van der Waals surface area contributed by atoms with Crippen molar-refractivity contribution in [3.63, 3.8) is 0 Å². The van der Waals surface area contributed by atoms with Gasteiger partial charge >= 0.3 is 5.76 Å². The second-order valence-electron chi connectivity index (χ2n) is 6.79. The lowest BCUT2D eigenvalue weighted by atomic mass is 10.1. The van der Waals surface area contributed by atoms with Gasteiger partial charge in [0.1, 0.15) is 12.2 Å². The van der Waals surface area contributed by atoms with Crippen LogP contribution < -0.4 is 15.2 Å². The summed E-state index contributed by atoms with van der Waals surface area (Å²) in [4.78, 5) is 29.2. The van der Waals surface area contributed by atoms with Crippen molar-refractivity contribution in [3.05, 3.63) is 50.8 Å². The number of nitrogens with zero attached hydrogens (tertiary/aromatic N) is 4. The summed E-state index contributed by atoms with van der Waals surface area (Å²) in [5, 5.41) is 10.7. The molecule has 0 saturated carbocycles. The molecule has 0 radical (unpaired) electrons. The van der Waals surface area contributed by atoms with Crippen LogP contribution in [-0.4, -0.2) is 38.9 Å². The Morgan fingerprint density at radius 1 is 1.16 bits per heavy atom. The average molecular weight is 440 g/mol. The van der Waals surface area contributed by atoms with Gasteiger partial charge in [0.2, 0.25) is 0 Å². The minimum Gasteiger partial charge on any atom is -0.490 e. The van der Waals surface area contributed by atoms with E-state index >= 15 is 0 Å². The number of hydrogen-bond donors (Lipinski definition) is 0. The van der Waals surface area contributed by atoms with Crippen molar-refractivity contribution >= 4 is 17.1 Å². The molecule has 31 heavy (non-hydrogen) atoms. The molecular weight excluding hydrogens is 424 g/mol. The number of aryl methyl sites for hydroxylation is 1. The van der Waals surface area contributed by atoms with E-state index in [4.69, 9.17) is 18.4 Å². The highest BCUT2D eigenvalue weighted by molar-refractivity contribution is 7.09. The first-order valence-electron chi connectivity index (χ1n) is 9.47. The Labute approximate surface area is 179 Å². The van der Waals surface area contributed by atoms with E-state index in [0.717, 1.165) is 16.1 Å². The molecule has 0 bridgehead atoms. The first-order valence-corrected chi connectivity index (χ1v) is 10.4. The molecule has 3 aromatic heterocycles. The predicted molar refractivity (Wildman–Crippen MR) is 108 cm³/mol. The molecule has 0 atom stereocenters. The Balaban J connectivity index is 1.36. The van der Waals surface area contributed by atoms with Gasteiger partial charge < -0.3 is 18.4 Å². The molecule has 11 heteroatoms. The molecule has 158 valence electrons. The number of ether oxygens (including phenoxy) is 2. The molecule has 0 N–H and O–H groups in total. The fourth-order valence-electron chi connectivity index (χ4n) is 3.05. The van der Waals surface area contributed by atoms with Gasteiger partial charge in [0, 0.05) is 23.4 Å². The number of Topliss-reactive ketones (excluding diaryl/α,β-unsaturated/α-hetero) is 1. The molecule has 0 spiro atoms. The van der Waals surface area contributed by atoms with Gasteiger partial charge in [-0.1, -0.05) is 5.16 Å². The molecule has 0 unspecified atom stereocenters. The highest BCUT2D eigenvalue weighted by Gasteiger charge is 2.20. The summed E-state index contributed by atoms with van der Waals surface area (Å²) in [7, 11) is 0. The number of fused-ring (bicyclic) bond motifs is 1. The van der Waals surface area contributed by atoms with Gasteiger partial charge in [-0.3, -0.25) is 4.79 Å². The first kappa shape index (κ1) is 19.2. The minimum absolute atomic E-state index is 0.0431. The highest BCUT2D eigenvalue weighted by Crippen LogP contribution is 2.30. The van der Waals surface area contributed by atoms with Crippen LogP contribution in [0.5, 0.6) is 11.5 Å². The van der Waals surface area contributed by atoms with E-state index < -0.39 is 5.76 Å². The number of ketones is 1. The van der Waals surface area contributed by atoms with Crippen molar-refractivity contribution in [1.29, 1.82) is 0 Å². The summed E-state index contributed by atoms with van der Waals surface area (Å²) in [6.07, 6.45) is 0.765. The molecule has 1 aromatic carbocycles. The van der Waals surface area contributed by atoms with Crippen molar-refractivity contribution in [3.8, 4) is 34.5 Å². The third-order valence-corrected chi connectivity index (χ3v) is 5.34. The van der Waals surface area contributed by atoms with Gasteiger partial charge in [-0.25, -0.2) is 9.78 Å². The molecule has 4 aromatic rings. The lowest BCUT2D eigenvalue weighted by molar-refractivity contribution is 0.0964. The highest BCUT2D eigenvalue weighted by atomic mass is 32.1. The zero-order chi connectivity index (χ0) is 21.4. The Bertz CT molecular complexity index is 1320. The molecule has 1 aliphatic rings. The SMILES string of the molecule is Cc1nc(-c2cc(-c3nn(CC(=O)c4ccc5c(c4)OCCCO5)c(=O)o3)no2)cs1. The molecule has 0 amide bonds. The summed E-state index contributed by atoms with van der Waals surface area (Å²) < 4.78 is 22.6. The maximum absolute atomic E-state index is 12.7. The molecule has 4 heterocycles. The Kier molecular flexibility index (Phi) is 4.86. The van der Waals surface area contributed by atoms with E-state index in [1.807, 2.05) is 12.3 Å². The van der Waals surface area contributed by atoms with Gasteiger partial charge in [-0.15, -0.1) is 16.4 Å². The molecular formula is C20H16N4O6S. The van der Waals surface area contributed by atoms with Crippen LogP contribution in [0.25, 0.3) is 23.0 Å². The summed E-state index contributed by atoms with van der Waals surface area (Å²) in [6, 6.07) is 6.49. The van der Waals surface area contributed by atoms with Gasteiger partial charge in [0.05, 0.1) is 18.2 Å². The minimum atomic E-state index is -0.772. The number of thiazole rings is 1. The largest absolute Gasteiger partial charge is 0.490 e. The fourth-order valence-corrected chi connectivity index (χ4v) is 3.65. The number of hydrogen-bond acceptors (Lipinski definition) is 10. The van der Waals surface area contributed by atoms with Gasteiger partial charge in [0.25, 0.3) is 5.89 Å². The molecule has 0 saturated heterocycles. The van der Waals surface area contributed by atoms with Crippen LogP contribution in [-0.2, 0) is 6.54 Å². The Hall–Kier alpha value is -3.73. The van der Waals surface area contributed by atoms with Crippen molar-refractivity contribution in [1.82, 2.24) is 19.9 Å². The Morgan fingerprint density at radius 2 is 2.00 bits per heavy atom. The smallest absolute Gasteiger partial charge is 0.437 e. The van der Waals surface area contributed by atoms with Crippen molar-refractivity contribution < 1.29 is 23.2 Å². The zero-order valence-electron chi connectivity index (χ0n) is 16.4. The van der Waals surface area contributed by atoms with Crippen molar-refractivity contribution in [2.45, 2.75) is 19.9 Å². The summed E-state index contributed by atoms with van der Waals surface area (Å²) in [5.74, 6) is 0.386.